The molecule has 0 spiro atoms. The fraction of sp³-hybridized carbons (Fsp3) is 0.400. The van der Waals surface area contributed by atoms with Gasteiger partial charge in [0.1, 0.15) is 0 Å². The third kappa shape index (κ3) is 6.55. The lowest BCUT2D eigenvalue weighted by molar-refractivity contribution is -0.116. The van der Waals surface area contributed by atoms with Crippen LogP contribution in [-0.2, 0) is 4.79 Å². The van der Waals surface area contributed by atoms with E-state index in [1.807, 2.05) is 6.07 Å². The molecule has 0 aromatic heterocycles. The third-order valence-corrected chi connectivity index (χ3v) is 5.53. The van der Waals surface area contributed by atoms with Crippen LogP contribution in [0, 0.1) is 20.8 Å². The van der Waals surface area contributed by atoms with Crippen molar-refractivity contribution in [3.8, 4) is 0 Å². The molecule has 1 amide bonds. The van der Waals surface area contributed by atoms with Crippen molar-refractivity contribution >= 4 is 17.7 Å². The maximum absolute atomic E-state index is 12.4. The van der Waals surface area contributed by atoms with Crippen LogP contribution < -0.4 is 5.32 Å². The highest BCUT2D eigenvalue weighted by atomic mass is 16.1. The van der Waals surface area contributed by atoms with Gasteiger partial charge in [-0.3, -0.25) is 9.69 Å². The predicted octanol–water partition coefficient (Wildman–Crippen LogP) is 4.27. The van der Waals surface area contributed by atoms with Crippen LogP contribution in [0.15, 0.2) is 48.5 Å². The van der Waals surface area contributed by atoms with Crippen molar-refractivity contribution in [2.75, 3.05) is 44.6 Å². The Morgan fingerprint density at radius 1 is 0.966 bits per heavy atom. The molecule has 154 valence electrons. The fourth-order valence-electron chi connectivity index (χ4n) is 3.94. The standard InChI is InChI=1S/C25H33N3O/c1-20-18-21(2)25(22(3)19-20)26-24(29)11-13-28-16-14-27(15-17-28)12-7-10-23-8-5-4-6-9-23/h4-10,18-19H,11-17H2,1-3H3,(H,26,29)/b10-7+. The second-order valence-corrected chi connectivity index (χ2v) is 8.03. The summed E-state index contributed by atoms with van der Waals surface area (Å²) in [6.45, 7) is 12.2. The van der Waals surface area contributed by atoms with Crippen molar-refractivity contribution in [1.82, 2.24) is 9.80 Å². The molecule has 0 saturated carbocycles. The zero-order valence-electron chi connectivity index (χ0n) is 17.9. The van der Waals surface area contributed by atoms with Crippen LogP contribution >= 0.6 is 0 Å². The number of benzene rings is 2. The SMILES string of the molecule is Cc1cc(C)c(NC(=O)CCN2CCN(C/C=C/c3ccccc3)CC2)c(C)c1. The molecule has 1 saturated heterocycles. The van der Waals surface area contributed by atoms with E-state index in [-0.39, 0.29) is 5.91 Å². The molecule has 4 nitrogen and oxygen atoms in total. The molecule has 1 aliphatic rings. The smallest absolute Gasteiger partial charge is 0.225 e. The first-order chi connectivity index (χ1) is 14.0. The Bertz CT molecular complexity index is 813. The number of carbonyl (C=O) groups excluding carboxylic acids is 1. The van der Waals surface area contributed by atoms with Gasteiger partial charge in [0.05, 0.1) is 0 Å². The topological polar surface area (TPSA) is 35.6 Å². The molecule has 1 heterocycles. The highest BCUT2D eigenvalue weighted by Crippen LogP contribution is 2.22. The average Bonchev–Trinajstić information content (AvgIpc) is 2.71. The van der Waals surface area contributed by atoms with Gasteiger partial charge in [-0.15, -0.1) is 0 Å². The van der Waals surface area contributed by atoms with Gasteiger partial charge < -0.3 is 10.2 Å². The quantitative estimate of drug-likeness (QED) is 0.766. The first-order valence-corrected chi connectivity index (χ1v) is 10.6. The molecule has 29 heavy (non-hydrogen) atoms. The average molecular weight is 392 g/mol. The Labute approximate surface area is 175 Å². The highest BCUT2D eigenvalue weighted by molar-refractivity contribution is 5.92. The van der Waals surface area contributed by atoms with Crippen molar-refractivity contribution in [1.29, 1.82) is 0 Å². The van der Waals surface area contributed by atoms with Crippen molar-refractivity contribution in [3.05, 3.63) is 70.8 Å². The summed E-state index contributed by atoms with van der Waals surface area (Å²) >= 11 is 0. The molecule has 1 aliphatic heterocycles. The number of nitrogens with one attached hydrogen (secondary N) is 1. The second-order valence-electron chi connectivity index (χ2n) is 8.03. The normalized spacial score (nSPS) is 15.7. The first kappa shape index (κ1) is 21.3. The molecule has 0 unspecified atom stereocenters. The molecule has 1 fully saturated rings. The van der Waals surface area contributed by atoms with Crippen molar-refractivity contribution in [2.45, 2.75) is 27.2 Å². The van der Waals surface area contributed by atoms with Crippen LogP contribution in [0.3, 0.4) is 0 Å². The molecule has 3 rings (SSSR count). The molecule has 1 N–H and O–H groups in total. The molecule has 0 radical (unpaired) electrons. The summed E-state index contributed by atoms with van der Waals surface area (Å²) in [6.07, 6.45) is 4.97. The minimum absolute atomic E-state index is 0.105. The number of rotatable bonds is 7. The van der Waals surface area contributed by atoms with Crippen LogP contribution in [0.1, 0.15) is 28.7 Å². The van der Waals surface area contributed by atoms with E-state index in [0.29, 0.717) is 6.42 Å². The van der Waals surface area contributed by atoms with Gasteiger partial charge in [-0.05, 0) is 37.5 Å². The van der Waals surface area contributed by atoms with Crippen LogP contribution in [-0.4, -0.2) is 55.0 Å². The van der Waals surface area contributed by atoms with Gasteiger partial charge >= 0.3 is 0 Å². The van der Waals surface area contributed by atoms with Gasteiger partial charge in [-0.1, -0.05) is 60.2 Å². The van der Waals surface area contributed by atoms with E-state index in [0.717, 1.165) is 56.1 Å². The van der Waals surface area contributed by atoms with Crippen LogP contribution in [0.2, 0.25) is 0 Å². The molecule has 0 atom stereocenters. The van der Waals surface area contributed by atoms with Crippen LogP contribution in [0.25, 0.3) is 6.08 Å². The number of amides is 1. The largest absolute Gasteiger partial charge is 0.326 e. The lowest BCUT2D eigenvalue weighted by atomic mass is 10.0. The fourth-order valence-corrected chi connectivity index (χ4v) is 3.94. The number of carbonyl (C=O) groups is 1. The zero-order valence-corrected chi connectivity index (χ0v) is 17.9. The number of piperazine rings is 1. The Morgan fingerprint density at radius 3 is 2.24 bits per heavy atom. The van der Waals surface area contributed by atoms with Crippen molar-refractivity contribution in [2.24, 2.45) is 0 Å². The van der Waals surface area contributed by atoms with E-state index in [2.05, 4.69) is 84.4 Å². The minimum atomic E-state index is 0.105. The molecule has 0 aliphatic carbocycles. The summed E-state index contributed by atoms with van der Waals surface area (Å²) in [5.74, 6) is 0.105. The van der Waals surface area contributed by atoms with Crippen LogP contribution in [0.4, 0.5) is 5.69 Å². The Morgan fingerprint density at radius 2 is 1.59 bits per heavy atom. The molecule has 4 heteroatoms. The molecular weight excluding hydrogens is 358 g/mol. The summed E-state index contributed by atoms with van der Waals surface area (Å²) < 4.78 is 0. The number of hydrogen-bond donors (Lipinski definition) is 1. The monoisotopic (exact) mass is 391 g/mol. The van der Waals surface area contributed by atoms with Crippen molar-refractivity contribution < 1.29 is 4.79 Å². The van der Waals surface area contributed by atoms with E-state index in [4.69, 9.17) is 0 Å². The third-order valence-electron chi connectivity index (χ3n) is 5.53. The van der Waals surface area contributed by atoms with Gasteiger partial charge in [0.15, 0.2) is 0 Å². The Kier molecular flexibility index (Phi) is 7.62. The molecule has 0 bridgehead atoms. The summed E-state index contributed by atoms with van der Waals surface area (Å²) in [4.78, 5) is 17.3. The van der Waals surface area contributed by atoms with E-state index >= 15 is 0 Å². The number of nitrogens with zero attached hydrogens (tertiary/aromatic N) is 2. The summed E-state index contributed by atoms with van der Waals surface area (Å²) in [7, 11) is 0. The minimum Gasteiger partial charge on any atom is -0.326 e. The molecule has 2 aromatic rings. The van der Waals surface area contributed by atoms with Crippen LogP contribution in [0.5, 0.6) is 0 Å². The van der Waals surface area contributed by atoms with Gasteiger partial charge in [-0.25, -0.2) is 0 Å². The van der Waals surface area contributed by atoms with Crippen molar-refractivity contribution in [3.63, 3.8) is 0 Å². The lowest BCUT2D eigenvalue weighted by Crippen LogP contribution is -2.46. The summed E-state index contributed by atoms with van der Waals surface area (Å²) in [5.41, 5.74) is 5.71. The van der Waals surface area contributed by atoms with Gasteiger partial charge in [0.2, 0.25) is 5.91 Å². The molecule has 2 aromatic carbocycles. The lowest BCUT2D eigenvalue weighted by Gasteiger charge is -2.34. The van der Waals surface area contributed by atoms with E-state index in [1.165, 1.54) is 11.1 Å². The maximum Gasteiger partial charge on any atom is 0.225 e. The van der Waals surface area contributed by atoms with E-state index < -0.39 is 0 Å². The molecular formula is C25H33N3O. The summed E-state index contributed by atoms with van der Waals surface area (Å²) in [5, 5.41) is 3.11. The predicted molar refractivity (Wildman–Crippen MR) is 122 cm³/mol. The summed E-state index contributed by atoms with van der Waals surface area (Å²) in [6, 6.07) is 14.7. The van der Waals surface area contributed by atoms with E-state index in [1.54, 1.807) is 0 Å². The maximum atomic E-state index is 12.4. The van der Waals surface area contributed by atoms with E-state index in [9.17, 15) is 4.79 Å². The second kappa shape index (κ2) is 10.4. The van der Waals surface area contributed by atoms with Gasteiger partial charge in [-0.2, -0.15) is 0 Å². The Hall–Kier alpha value is -2.43. The van der Waals surface area contributed by atoms with Gasteiger partial charge in [0.25, 0.3) is 0 Å². The number of aryl methyl sites for hydroxylation is 3. The number of anilines is 1. The van der Waals surface area contributed by atoms with Gasteiger partial charge in [0, 0.05) is 51.4 Å². The highest BCUT2D eigenvalue weighted by Gasteiger charge is 2.17. The first-order valence-electron chi connectivity index (χ1n) is 10.6. The zero-order chi connectivity index (χ0) is 20.6. The number of hydrogen-bond acceptors (Lipinski definition) is 3. The Balaban J connectivity index is 1.37.